The summed E-state index contributed by atoms with van der Waals surface area (Å²) in [5.74, 6) is -4.02. The molecule has 4 rings (SSSR count). The van der Waals surface area contributed by atoms with Gasteiger partial charge in [-0.2, -0.15) is 8.42 Å². The minimum Gasteiger partial charge on any atom is -0.508 e. The molecule has 4 aromatic carbocycles. The third-order valence-corrected chi connectivity index (χ3v) is 5.64. The summed E-state index contributed by atoms with van der Waals surface area (Å²) in [5, 5.41) is 68.2. The van der Waals surface area contributed by atoms with Crippen LogP contribution in [0.1, 0.15) is 10.4 Å². The Bertz CT molecular complexity index is 1640. The lowest BCUT2D eigenvalue weighted by molar-refractivity contribution is -0.135. The van der Waals surface area contributed by atoms with Crippen LogP contribution in [0.5, 0.6) is 23.0 Å². The van der Waals surface area contributed by atoms with E-state index in [0.29, 0.717) is 17.1 Å². The first kappa shape index (κ1) is 41.3. The van der Waals surface area contributed by atoms with E-state index in [9.17, 15) is 27.6 Å². The topological polar surface area (TPSA) is 310 Å². The van der Waals surface area contributed by atoms with Crippen LogP contribution in [-0.4, -0.2) is 92.2 Å². The second-order valence-corrected chi connectivity index (χ2v) is 10.2. The van der Waals surface area contributed by atoms with Gasteiger partial charge < -0.3 is 55.9 Å². The van der Waals surface area contributed by atoms with E-state index < -0.39 is 40.0 Å². The monoisotopic (exact) mass is 719 g/mol. The van der Waals surface area contributed by atoms with Gasteiger partial charge in [-0.05, 0) is 84.9 Å². The van der Waals surface area contributed by atoms with Crippen LogP contribution < -0.4 is 20.1 Å². The van der Waals surface area contributed by atoms with Gasteiger partial charge in [-0.3, -0.25) is 18.9 Å². The van der Waals surface area contributed by atoms with Crippen LogP contribution >= 0.6 is 0 Å². The lowest BCUT2D eigenvalue weighted by atomic mass is 10.2. The SMILES string of the molecule is O=C(O)CNc1ccc(O)cc1.O=C(O)CNc1ccc(O)cc1.O=C(O)CNc1ccc(O)cc1.O=C(O)c1ccccc1OS(=O)(=O)O. The number of para-hydroxylation sites is 1. The quantitative estimate of drug-likeness (QED) is 0.0739. The first-order chi connectivity index (χ1) is 23.4. The number of hydrogen-bond acceptors (Lipinski definition) is 13. The molecule has 50 heavy (non-hydrogen) atoms. The molecule has 0 radical (unpaired) electrons. The summed E-state index contributed by atoms with van der Waals surface area (Å²) in [6, 6.07) is 23.7. The molecule has 0 aliphatic carbocycles. The summed E-state index contributed by atoms with van der Waals surface area (Å²) in [5.41, 5.74) is 1.69. The summed E-state index contributed by atoms with van der Waals surface area (Å²) in [6.07, 6.45) is 0. The van der Waals surface area contributed by atoms with E-state index in [2.05, 4.69) is 20.1 Å². The van der Waals surface area contributed by atoms with Crippen molar-refractivity contribution in [2.45, 2.75) is 0 Å². The molecule has 268 valence electrons. The van der Waals surface area contributed by atoms with Gasteiger partial charge in [0.15, 0.2) is 5.75 Å². The molecule has 0 heterocycles. The Morgan fingerprint density at radius 1 is 0.520 bits per heavy atom. The maximum absolute atomic E-state index is 10.6. The maximum Gasteiger partial charge on any atom is 0.446 e. The Balaban J connectivity index is 0.000000334. The lowest BCUT2D eigenvalue weighted by Gasteiger charge is -2.03. The lowest BCUT2D eigenvalue weighted by Crippen LogP contribution is -2.11. The second-order valence-electron chi connectivity index (χ2n) is 9.19. The fraction of sp³-hybridized carbons (Fsp3) is 0.0968. The summed E-state index contributed by atoms with van der Waals surface area (Å²) < 4.78 is 33.0. The third kappa shape index (κ3) is 19.7. The number of rotatable bonds is 12. The van der Waals surface area contributed by atoms with E-state index in [4.69, 9.17) is 40.3 Å². The molecule has 0 saturated heterocycles. The van der Waals surface area contributed by atoms with Gasteiger partial charge in [0.2, 0.25) is 0 Å². The summed E-state index contributed by atoms with van der Waals surface area (Å²) in [4.78, 5) is 40.9. The number of carboxylic acid groups (broad SMARTS) is 4. The van der Waals surface area contributed by atoms with E-state index in [1.54, 1.807) is 36.4 Å². The van der Waals surface area contributed by atoms with E-state index >= 15 is 0 Å². The predicted molar refractivity (Wildman–Crippen MR) is 178 cm³/mol. The molecule has 4 aromatic rings. The standard InChI is InChI=1S/3C8H9NO3.C7H6O6S/c3*10-7-3-1-6(2-4-7)9-5-8(11)12;8-7(9)5-3-1-2-4-6(5)13-14(10,11)12/h3*1-4,9-10H,5H2,(H,11,12);1-4H,(H,8,9)(H,10,11,12). The molecular weight excluding hydrogens is 686 g/mol. The molecule has 0 fully saturated rings. The number of aliphatic carboxylic acids is 3. The fourth-order valence-electron chi connectivity index (χ4n) is 3.10. The highest BCUT2D eigenvalue weighted by Gasteiger charge is 2.15. The van der Waals surface area contributed by atoms with Crippen molar-refractivity contribution in [3.05, 3.63) is 103 Å². The number of nitrogens with one attached hydrogen (secondary N) is 3. The van der Waals surface area contributed by atoms with Crippen molar-refractivity contribution in [2.24, 2.45) is 0 Å². The van der Waals surface area contributed by atoms with E-state index in [1.807, 2.05) is 0 Å². The van der Waals surface area contributed by atoms with Crippen molar-refractivity contribution in [1.82, 2.24) is 0 Å². The number of phenols is 3. The molecule has 0 aliphatic rings. The molecule has 0 aliphatic heterocycles. The van der Waals surface area contributed by atoms with Crippen LogP contribution in [0.4, 0.5) is 17.1 Å². The van der Waals surface area contributed by atoms with Crippen LogP contribution in [0.25, 0.3) is 0 Å². The smallest absolute Gasteiger partial charge is 0.446 e. The Hall–Kier alpha value is -6.73. The Labute approximate surface area is 284 Å². The van der Waals surface area contributed by atoms with Crippen LogP contribution in [0, 0.1) is 0 Å². The average Bonchev–Trinajstić information content (AvgIpc) is 3.04. The number of hydrogen-bond donors (Lipinski definition) is 11. The predicted octanol–water partition coefficient (Wildman–Crippen LogP) is 3.23. The molecule has 0 unspecified atom stereocenters. The molecule has 11 N–H and O–H groups in total. The molecule has 0 aromatic heterocycles. The number of benzene rings is 4. The number of anilines is 3. The summed E-state index contributed by atoms with van der Waals surface area (Å²) >= 11 is 0. The van der Waals surface area contributed by atoms with Gasteiger partial charge in [-0.15, -0.1) is 0 Å². The molecule has 19 heteroatoms. The van der Waals surface area contributed by atoms with Crippen LogP contribution in [0.3, 0.4) is 0 Å². The van der Waals surface area contributed by atoms with Gasteiger partial charge in [0.05, 0.1) is 0 Å². The Kier molecular flexibility index (Phi) is 17.5. The summed E-state index contributed by atoms with van der Waals surface area (Å²) in [6.45, 7) is -0.361. The Morgan fingerprint density at radius 2 is 0.820 bits per heavy atom. The molecule has 0 bridgehead atoms. The van der Waals surface area contributed by atoms with Crippen molar-refractivity contribution in [3.63, 3.8) is 0 Å². The van der Waals surface area contributed by atoms with Crippen molar-refractivity contribution < 1.29 is 72.1 Å². The van der Waals surface area contributed by atoms with E-state index in [-0.39, 0.29) is 42.4 Å². The first-order valence-corrected chi connectivity index (χ1v) is 15.0. The number of carbonyl (C=O) groups is 4. The van der Waals surface area contributed by atoms with Crippen molar-refractivity contribution in [1.29, 1.82) is 0 Å². The van der Waals surface area contributed by atoms with Gasteiger partial charge in [0.25, 0.3) is 0 Å². The van der Waals surface area contributed by atoms with Crippen molar-refractivity contribution in [3.8, 4) is 23.0 Å². The average molecular weight is 720 g/mol. The molecule has 0 amide bonds. The zero-order chi connectivity index (χ0) is 37.7. The molecule has 0 spiro atoms. The van der Waals surface area contributed by atoms with Gasteiger partial charge >= 0.3 is 34.3 Å². The summed E-state index contributed by atoms with van der Waals surface area (Å²) in [7, 11) is -4.70. The van der Waals surface area contributed by atoms with Gasteiger partial charge in [-0.25, -0.2) is 4.79 Å². The molecule has 0 atom stereocenters. The second kappa shape index (κ2) is 21.2. The Morgan fingerprint density at radius 3 is 1.08 bits per heavy atom. The number of carboxylic acids is 4. The third-order valence-electron chi connectivity index (χ3n) is 5.25. The van der Waals surface area contributed by atoms with Gasteiger partial charge in [-0.1, -0.05) is 12.1 Å². The van der Waals surface area contributed by atoms with Gasteiger partial charge in [0.1, 0.15) is 42.4 Å². The normalized spacial score (nSPS) is 9.78. The van der Waals surface area contributed by atoms with E-state index in [1.165, 1.54) is 48.5 Å². The molecule has 18 nitrogen and oxygen atoms in total. The first-order valence-electron chi connectivity index (χ1n) is 13.7. The van der Waals surface area contributed by atoms with Crippen LogP contribution in [0.15, 0.2) is 97.1 Å². The zero-order valence-corrected chi connectivity index (χ0v) is 26.5. The highest BCUT2D eigenvalue weighted by molar-refractivity contribution is 7.81. The zero-order valence-electron chi connectivity index (χ0n) is 25.7. The highest BCUT2D eigenvalue weighted by atomic mass is 32.3. The van der Waals surface area contributed by atoms with Crippen LogP contribution in [-0.2, 0) is 24.8 Å². The highest BCUT2D eigenvalue weighted by Crippen LogP contribution is 2.19. The number of aromatic carboxylic acids is 1. The minimum atomic E-state index is -4.70. The number of aromatic hydroxyl groups is 3. The minimum absolute atomic E-state index is 0.120. The molecular formula is C31H33N3O15S. The van der Waals surface area contributed by atoms with Gasteiger partial charge in [0, 0.05) is 17.1 Å². The van der Waals surface area contributed by atoms with Crippen molar-refractivity contribution in [2.75, 3.05) is 35.6 Å². The van der Waals surface area contributed by atoms with E-state index in [0.717, 1.165) is 12.1 Å². The van der Waals surface area contributed by atoms with Crippen molar-refractivity contribution >= 4 is 51.3 Å². The fourth-order valence-corrected chi connectivity index (χ4v) is 3.47. The molecule has 0 saturated carbocycles. The number of phenolic OH excluding ortho intramolecular Hbond substituents is 3. The maximum atomic E-state index is 10.6. The largest absolute Gasteiger partial charge is 0.508 e. The van der Waals surface area contributed by atoms with Crippen LogP contribution in [0.2, 0.25) is 0 Å².